The van der Waals surface area contributed by atoms with Gasteiger partial charge in [-0.3, -0.25) is 14.3 Å². The number of likely N-dealkylation sites (tertiary alicyclic amines) is 1. The van der Waals surface area contributed by atoms with Gasteiger partial charge in [0.25, 0.3) is 5.56 Å². The third kappa shape index (κ3) is 3.09. The van der Waals surface area contributed by atoms with Gasteiger partial charge in [-0.1, -0.05) is 18.5 Å². The molecule has 0 aromatic carbocycles. The molecule has 1 atom stereocenters. The molecule has 2 rings (SSSR count). The molecule has 19 heavy (non-hydrogen) atoms. The molecular formula is C13H20ClN3O2. The maximum atomic E-state index is 12.2. The molecule has 0 aliphatic carbocycles. The van der Waals surface area contributed by atoms with Crippen LogP contribution in [0.3, 0.4) is 0 Å². The second kappa shape index (κ2) is 5.92. The second-order valence-corrected chi connectivity index (χ2v) is 5.64. The first kappa shape index (κ1) is 14.3. The van der Waals surface area contributed by atoms with E-state index in [-0.39, 0.29) is 10.7 Å². The van der Waals surface area contributed by atoms with Crippen molar-refractivity contribution in [3.63, 3.8) is 0 Å². The van der Waals surface area contributed by atoms with Crippen LogP contribution in [0.4, 0.5) is 0 Å². The molecule has 0 spiro atoms. The van der Waals surface area contributed by atoms with E-state index in [1.807, 2.05) is 6.92 Å². The van der Waals surface area contributed by atoms with E-state index in [4.69, 9.17) is 11.6 Å². The van der Waals surface area contributed by atoms with Gasteiger partial charge in [0.15, 0.2) is 0 Å². The van der Waals surface area contributed by atoms with Crippen molar-refractivity contribution in [3.05, 3.63) is 31.6 Å². The largest absolute Gasteiger partial charge is 0.329 e. The monoisotopic (exact) mass is 285 g/mol. The minimum Gasteiger partial charge on any atom is -0.306 e. The number of H-pyrrole nitrogens is 1. The van der Waals surface area contributed by atoms with Crippen molar-refractivity contribution in [1.29, 1.82) is 0 Å². The highest BCUT2D eigenvalue weighted by Crippen LogP contribution is 2.16. The van der Waals surface area contributed by atoms with Gasteiger partial charge < -0.3 is 4.90 Å². The zero-order chi connectivity index (χ0) is 14.0. The third-order valence-corrected chi connectivity index (χ3v) is 4.07. The molecule has 1 N–H and O–H groups in total. The standard InChI is InChI=1S/C13H20ClN3O2/c1-3-10-11(14)15-13(19)17(12(10)18)8-9-5-4-6-16(2)7-9/h9H,3-8H2,1-2H3,(H,15,19). The van der Waals surface area contributed by atoms with Crippen molar-refractivity contribution in [2.45, 2.75) is 32.7 Å². The average molecular weight is 286 g/mol. The molecule has 1 aromatic heterocycles. The molecule has 1 aliphatic rings. The molecule has 0 saturated carbocycles. The summed E-state index contributed by atoms with van der Waals surface area (Å²) in [5.74, 6) is 0.350. The van der Waals surface area contributed by atoms with E-state index in [9.17, 15) is 9.59 Å². The van der Waals surface area contributed by atoms with Crippen molar-refractivity contribution in [2.24, 2.45) is 5.92 Å². The number of halogens is 1. The van der Waals surface area contributed by atoms with E-state index in [2.05, 4.69) is 16.9 Å². The lowest BCUT2D eigenvalue weighted by molar-refractivity contribution is 0.192. The normalized spacial score (nSPS) is 20.7. The molecule has 6 heteroatoms. The molecule has 5 nitrogen and oxygen atoms in total. The molecule has 1 aromatic rings. The van der Waals surface area contributed by atoms with E-state index in [1.54, 1.807) is 0 Å². The highest BCUT2D eigenvalue weighted by molar-refractivity contribution is 6.30. The van der Waals surface area contributed by atoms with Gasteiger partial charge in [0.2, 0.25) is 0 Å². The Morgan fingerprint density at radius 2 is 2.16 bits per heavy atom. The molecule has 1 saturated heterocycles. The minimum absolute atomic E-state index is 0.175. The van der Waals surface area contributed by atoms with Crippen LogP contribution in [-0.4, -0.2) is 34.6 Å². The maximum absolute atomic E-state index is 12.2. The fraction of sp³-hybridized carbons (Fsp3) is 0.692. The summed E-state index contributed by atoms with van der Waals surface area (Å²) in [5.41, 5.74) is -0.157. The first-order chi connectivity index (χ1) is 9.02. The highest BCUT2D eigenvalue weighted by atomic mass is 35.5. The van der Waals surface area contributed by atoms with Gasteiger partial charge in [0.05, 0.1) is 5.56 Å². The number of piperidine rings is 1. The van der Waals surface area contributed by atoms with Crippen molar-refractivity contribution < 1.29 is 0 Å². The van der Waals surface area contributed by atoms with Gasteiger partial charge in [0, 0.05) is 13.1 Å². The number of hydrogen-bond acceptors (Lipinski definition) is 3. The first-order valence-corrected chi connectivity index (χ1v) is 7.10. The molecule has 106 valence electrons. The van der Waals surface area contributed by atoms with Crippen LogP contribution < -0.4 is 11.2 Å². The molecule has 0 bridgehead atoms. The van der Waals surface area contributed by atoms with Gasteiger partial charge in [0.1, 0.15) is 5.15 Å². The van der Waals surface area contributed by atoms with Crippen molar-refractivity contribution in [3.8, 4) is 0 Å². The maximum Gasteiger partial charge on any atom is 0.329 e. The predicted octanol–water partition coefficient (Wildman–Crippen LogP) is 1.09. The Morgan fingerprint density at radius 1 is 1.42 bits per heavy atom. The van der Waals surface area contributed by atoms with Crippen LogP contribution in [-0.2, 0) is 13.0 Å². The molecule has 1 fully saturated rings. The molecule has 1 aliphatic heterocycles. The summed E-state index contributed by atoms with van der Waals surface area (Å²) in [4.78, 5) is 28.9. The number of nitrogens with one attached hydrogen (secondary N) is 1. The lowest BCUT2D eigenvalue weighted by atomic mass is 9.98. The van der Waals surface area contributed by atoms with Crippen LogP contribution in [0.25, 0.3) is 0 Å². The number of aromatic amines is 1. The SMILES string of the molecule is CCc1c(Cl)[nH]c(=O)n(CC2CCCN(C)C2)c1=O. The molecule has 0 amide bonds. The topological polar surface area (TPSA) is 58.1 Å². The van der Waals surface area contributed by atoms with Crippen LogP contribution in [0.5, 0.6) is 0 Å². The molecule has 0 radical (unpaired) electrons. The van der Waals surface area contributed by atoms with Crippen molar-refractivity contribution in [1.82, 2.24) is 14.5 Å². The molecule has 1 unspecified atom stereocenters. The van der Waals surface area contributed by atoms with Crippen LogP contribution in [0.1, 0.15) is 25.3 Å². The lowest BCUT2D eigenvalue weighted by Crippen LogP contribution is -2.42. The number of hydrogen-bond donors (Lipinski definition) is 1. The number of aromatic nitrogens is 2. The van der Waals surface area contributed by atoms with E-state index in [1.165, 1.54) is 4.57 Å². The summed E-state index contributed by atoms with van der Waals surface area (Å²) < 4.78 is 1.30. The summed E-state index contributed by atoms with van der Waals surface area (Å²) in [6, 6.07) is 0. The van der Waals surface area contributed by atoms with Gasteiger partial charge in [-0.15, -0.1) is 0 Å². The van der Waals surface area contributed by atoms with Crippen LogP contribution in [0.15, 0.2) is 9.59 Å². The fourth-order valence-electron chi connectivity index (χ4n) is 2.74. The summed E-state index contributed by atoms with van der Waals surface area (Å²) in [6.07, 6.45) is 2.70. The minimum atomic E-state index is -0.402. The lowest BCUT2D eigenvalue weighted by Gasteiger charge is -2.29. The summed E-state index contributed by atoms with van der Waals surface area (Å²) in [5, 5.41) is 0.175. The predicted molar refractivity (Wildman–Crippen MR) is 75.9 cm³/mol. The fourth-order valence-corrected chi connectivity index (χ4v) is 3.03. The van der Waals surface area contributed by atoms with Crippen molar-refractivity contribution in [2.75, 3.05) is 20.1 Å². The van der Waals surface area contributed by atoms with Crippen LogP contribution in [0, 0.1) is 5.92 Å². The van der Waals surface area contributed by atoms with E-state index >= 15 is 0 Å². The number of rotatable bonds is 3. The third-order valence-electron chi connectivity index (χ3n) is 3.75. The van der Waals surface area contributed by atoms with E-state index in [0.29, 0.717) is 24.4 Å². The Kier molecular flexibility index (Phi) is 4.47. The van der Waals surface area contributed by atoms with Gasteiger partial charge in [-0.2, -0.15) is 0 Å². The van der Waals surface area contributed by atoms with E-state index < -0.39 is 5.69 Å². The highest BCUT2D eigenvalue weighted by Gasteiger charge is 2.20. The van der Waals surface area contributed by atoms with Gasteiger partial charge in [-0.05, 0) is 38.8 Å². The summed E-state index contributed by atoms with van der Waals surface area (Å²) >= 11 is 5.90. The summed E-state index contributed by atoms with van der Waals surface area (Å²) in [7, 11) is 2.07. The summed E-state index contributed by atoms with van der Waals surface area (Å²) in [6.45, 7) is 4.35. The number of nitrogens with zero attached hydrogens (tertiary/aromatic N) is 2. The zero-order valence-corrected chi connectivity index (χ0v) is 12.2. The zero-order valence-electron chi connectivity index (χ0n) is 11.4. The molecule has 2 heterocycles. The Morgan fingerprint density at radius 3 is 2.79 bits per heavy atom. The van der Waals surface area contributed by atoms with Crippen molar-refractivity contribution >= 4 is 11.6 Å². The van der Waals surface area contributed by atoms with Crippen LogP contribution >= 0.6 is 11.6 Å². The quantitative estimate of drug-likeness (QED) is 0.846. The Hall–Kier alpha value is -1.07. The Labute approximate surface area is 117 Å². The van der Waals surface area contributed by atoms with Gasteiger partial charge >= 0.3 is 5.69 Å². The average Bonchev–Trinajstić information content (AvgIpc) is 2.35. The first-order valence-electron chi connectivity index (χ1n) is 6.73. The van der Waals surface area contributed by atoms with Gasteiger partial charge in [-0.25, -0.2) is 4.79 Å². The Balaban J connectivity index is 2.30. The smallest absolute Gasteiger partial charge is 0.306 e. The van der Waals surface area contributed by atoms with Crippen LogP contribution in [0.2, 0.25) is 5.15 Å². The second-order valence-electron chi connectivity index (χ2n) is 5.26. The Bertz CT molecular complexity index is 564. The van der Waals surface area contributed by atoms with E-state index in [0.717, 1.165) is 25.9 Å². The molecular weight excluding hydrogens is 266 g/mol.